The maximum absolute atomic E-state index is 11.8. The first-order chi connectivity index (χ1) is 10.1. The number of aromatic carboxylic acids is 1. The zero-order valence-corrected chi connectivity index (χ0v) is 10.7. The Morgan fingerprint density at radius 3 is 2.71 bits per heavy atom. The molecule has 1 aliphatic heterocycles. The summed E-state index contributed by atoms with van der Waals surface area (Å²) in [5, 5.41) is 11.8. The first-order valence-corrected chi connectivity index (χ1v) is 6.17. The number of anilines is 1. The van der Waals surface area contributed by atoms with Crippen LogP contribution in [0.3, 0.4) is 0 Å². The van der Waals surface area contributed by atoms with Crippen molar-refractivity contribution in [2.45, 2.75) is 6.42 Å². The lowest BCUT2D eigenvalue weighted by Crippen LogP contribution is -2.50. The molecule has 1 aromatic carbocycles. The third-order valence-electron chi connectivity index (χ3n) is 3.09. The highest BCUT2D eigenvalue weighted by atomic mass is 16.4. The summed E-state index contributed by atoms with van der Waals surface area (Å²) in [6.45, 7) is 0.113. The van der Waals surface area contributed by atoms with E-state index in [0.717, 1.165) is 4.90 Å². The number of amides is 3. The molecular weight excluding hydrogens is 276 g/mol. The van der Waals surface area contributed by atoms with Crippen molar-refractivity contribution in [1.82, 2.24) is 15.3 Å². The average molecular weight is 286 g/mol. The van der Waals surface area contributed by atoms with Crippen molar-refractivity contribution >= 4 is 34.8 Å². The number of carbonyl (C=O) groups is 3. The lowest BCUT2D eigenvalue weighted by molar-refractivity contribution is -0.120. The number of nitrogens with one attached hydrogen (secondary N) is 1. The topological polar surface area (TPSA) is 112 Å². The molecule has 0 atom stereocenters. The largest absolute Gasteiger partial charge is 0.476 e. The molecule has 1 fully saturated rings. The number of carboxylic acids is 1. The monoisotopic (exact) mass is 286 g/mol. The van der Waals surface area contributed by atoms with Crippen molar-refractivity contribution in [3.05, 3.63) is 30.0 Å². The van der Waals surface area contributed by atoms with Crippen LogP contribution >= 0.6 is 0 Å². The quantitative estimate of drug-likeness (QED) is 0.843. The fourth-order valence-corrected chi connectivity index (χ4v) is 2.10. The third-order valence-corrected chi connectivity index (χ3v) is 3.09. The Morgan fingerprint density at radius 2 is 2.00 bits per heavy atom. The molecule has 8 heteroatoms. The number of fused-ring (bicyclic) bond motifs is 1. The van der Waals surface area contributed by atoms with Crippen molar-refractivity contribution in [1.29, 1.82) is 0 Å². The predicted octanol–water partition coefficient (Wildman–Crippen LogP) is 0.774. The van der Waals surface area contributed by atoms with Crippen molar-refractivity contribution < 1.29 is 19.5 Å². The lowest BCUT2D eigenvalue weighted by atomic mass is 10.2. The van der Waals surface area contributed by atoms with E-state index in [1.807, 2.05) is 0 Å². The first-order valence-electron chi connectivity index (χ1n) is 6.17. The Balaban J connectivity index is 2.13. The molecule has 1 saturated heterocycles. The average Bonchev–Trinajstić information content (AvgIpc) is 2.46. The van der Waals surface area contributed by atoms with Crippen LogP contribution in [-0.4, -0.2) is 39.5 Å². The lowest BCUT2D eigenvalue weighted by Gasteiger charge is -2.24. The van der Waals surface area contributed by atoms with E-state index in [2.05, 4.69) is 15.3 Å². The highest BCUT2D eigenvalue weighted by molar-refractivity contribution is 6.06. The number of para-hydroxylation sites is 1. The summed E-state index contributed by atoms with van der Waals surface area (Å²) in [5.41, 5.74) is 0.241. The zero-order chi connectivity index (χ0) is 15.0. The molecule has 106 valence electrons. The van der Waals surface area contributed by atoms with Gasteiger partial charge in [0.1, 0.15) is 0 Å². The molecule has 21 heavy (non-hydrogen) atoms. The Kier molecular flexibility index (Phi) is 2.98. The highest BCUT2D eigenvalue weighted by Gasteiger charge is 2.27. The summed E-state index contributed by atoms with van der Waals surface area (Å²) in [6, 6.07) is 5.98. The number of imide groups is 1. The Bertz CT molecular complexity index is 774. The summed E-state index contributed by atoms with van der Waals surface area (Å²) in [7, 11) is 0. The van der Waals surface area contributed by atoms with Crippen LogP contribution in [0.5, 0.6) is 0 Å². The van der Waals surface area contributed by atoms with Crippen LogP contribution < -0.4 is 10.2 Å². The number of urea groups is 1. The van der Waals surface area contributed by atoms with E-state index < -0.39 is 12.0 Å². The number of nitrogens with zero attached hydrogens (tertiary/aromatic N) is 3. The Morgan fingerprint density at radius 1 is 1.24 bits per heavy atom. The Labute approximate surface area is 118 Å². The standard InChI is InChI=1S/C13H10N4O4/c18-9-5-6-17(13(21)15-9)12-14-8-4-2-1-3-7(8)10(16-12)11(19)20/h1-4H,5-6H2,(H,19,20)(H,15,18,21). The van der Waals surface area contributed by atoms with Crippen LogP contribution in [-0.2, 0) is 4.79 Å². The number of hydrogen-bond acceptors (Lipinski definition) is 5. The summed E-state index contributed by atoms with van der Waals surface area (Å²) in [6.07, 6.45) is 0.115. The van der Waals surface area contributed by atoms with E-state index in [-0.39, 0.29) is 30.5 Å². The minimum atomic E-state index is -1.21. The molecule has 0 saturated carbocycles. The molecule has 0 unspecified atom stereocenters. The summed E-state index contributed by atoms with van der Waals surface area (Å²) in [4.78, 5) is 43.5. The number of rotatable bonds is 2. The van der Waals surface area contributed by atoms with Gasteiger partial charge in [-0.05, 0) is 6.07 Å². The molecule has 0 bridgehead atoms. The summed E-state index contributed by atoms with van der Waals surface area (Å²) >= 11 is 0. The second kappa shape index (κ2) is 4.82. The molecule has 2 heterocycles. The number of carboxylic acid groups (broad SMARTS) is 1. The molecule has 2 N–H and O–H groups in total. The van der Waals surface area contributed by atoms with E-state index >= 15 is 0 Å². The normalized spacial score (nSPS) is 15.1. The van der Waals surface area contributed by atoms with Gasteiger partial charge in [-0.2, -0.15) is 0 Å². The van der Waals surface area contributed by atoms with Gasteiger partial charge in [-0.15, -0.1) is 0 Å². The van der Waals surface area contributed by atoms with Crippen LogP contribution in [0.4, 0.5) is 10.7 Å². The number of hydrogen-bond donors (Lipinski definition) is 2. The van der Waals surface area contributed by atoms with Crippen molar-refractivity contribution in [2.24, 2.45) is 0 Å². The number of carbonyl (C=O) groups excluding carboxylic acids is 2. The van der Waals surface area contributed by atoms with E-state index in [1.165, 1.54) is 0 Å². The van der Waals surface area contributed by atoms with Crippen LogP contribution in [0.1, 0.15) is 16.9 Å². The molecule has 0 aliphatic carbocycles. The van der Waals surface area contributed by atoms with Gasteiger partial charge in [0, 0.05) is 18.4 Å². The van der Waals surface area contributed by atoms with E-state index in [1.54, 1.807) is 24.3 Å². The third kappa shape index (κ3) is 2.27. The SMILES string of the molecule is O=C1CCN(c2nc(C(=O)O)c3ccccc3n2)C(=O)N1. The minimum Gasteiger partial charge on any atom is -0.476 e. The van der Waals surface area contributed by atoms with E-state index in [0.29, 0.717) is 10.9 Å². The predicted molar refractivity (Wildman–Crippen MR) is 72.0 cm³/mol. The summed E-state index contributed by atoms with van der Waals surface area (Å²) in [5.74, 6) is -1.62. The van der Waals surface area contributed by atoms with Crippen LogP contribution in [0.2, 0.25) is 0 Å². The maximum Gasteiger partial charge on any atom is 0.355 e. The fraction of sp³-hybridized carbons (Fsp3) is 0.154. The van der Waals surface area contributed by atoms with E-state index in [4.69, 9.17) is 0 Å². The fourth-order valence-electron chi connectivity index (χ4n) is 2.10. The number of aromatic nitrogens is 2. The molecule has 0 spiro atoms. The first kappa shape index (κ1) is 13.0. The van der Waals surface area contributed by atoms with Gasteiger partial charge in [0.05, 0.1) is 5.52 Å². The van der Waals surface area contributed by atoms with Gasteiger partial charge in [0.2, 0.25) is 11.9 Å². The molecule has 0 radical (unpaired) electrons. The van der Waals surface area contributed by atoms with Gasteiger partial charge >= 0.3 is 12.0 Å². The van der Waals surface area contributed by atoms with Gasteiger partial charge in [-0.1, -0.05) is 18.2 Å². The smallest absolute Gasteiger partial charge is 0.355 e. The maximum atomic E-state index is 11.8. The molecule has 3 rings (SSSR count). The second-order valence-corrected chi connectivity index (χ2v) is 4.45. The molecule has 1 aliphatic rings. The minimum absolute atomic E-state index is 0.0314. The van der Waals surface area contributed by atoms with Crippen molar-refractivity contribution in [2.75, 3.05) is 11.4 Å². The molecule has 8 nitrogen and oxygen atoms in total. The van der Waals surface area contributed by atoms with Gasteiger partial charge in [-0.25, -0.2) is 19.6 Å². The summed E-state index contributed by atoms with van der Waals surface area (Å²) < 4.78 is 0. The number of benzene rings is 1. The molecule has 1 aromatic heterocycles. The van der Waals surface area contributed by atoms with Gasteiger partial charge < -0.3 is 5.11 Å². The van der Waals surface area contributed by atoms with Gasteiger partial charge in [0.15, 0.2) is 5.69 Å². The Hall–Kier alpha value is -3.03. The zero-order valence-electron chi connectivity index (χ0n) is 10.7. The van der Waals surface area contributed by atoms with E-state index in [9.17, 15) is 19.5 Å². The van der Waals surface area contributed by atoms with Crippen molar-refractivity contribution in [3.8, 4) is 0 Å². The van der Waals surface area contributed by atoms with Gasteiger partial charge in [-0.3, -0.25) is 15.0 Å². The van der Waals surface area contributed by atoms with Crippen LogP contribution in [0, 0.1) is 0 Å². The second-order valence-electron chi connectivity index (χ2n) is 4.45. The molecule has 2 aromatic rings. The molecular formula is C13H10N4O4. The highest BCUT2D eigenvalue weighted by Crippen LogP contribution is 2.20. The van der Waals surface area contributed by atoms with Crippen molar-refractivity contribution in [3.63, 3.8) is 0 Å². The van der Waals surface area contributed by atoms with Gasteiger partial charge in [0.25, 0.3) is 0 Å². The molecule has 3 amide bonds. The van der Waals surface area contributed by atoms with Crippen LogP contribution in [0.15, 0.2) is 24.3 Å². The van der Waals surface area contributed by atoms with Crippen LogP contribution in [0.25, 0.3) is 10.9 Å².